The average Bonchev–Trinajstić information content (AvgIpc) is 3.52. The van der Waals surface area contributed by atoms with E-state index in [1.165, 1.54) is 25.7 Å². The van der Waals surface area contributed by atoms with Crippen LogP contribution in [-0.2, 0) is 0 Å². The number of thioether (sulfide) groups is 1. The van der Waals surface area contributed by atoms with E-state index in [1.54, 1.807) is 17.0 Å². The van der Waals surface area contributed by atoms with Crippen molar-refractivity contribution in [1.29, 1.82) is 10.8 Å². The molecular weight excluding hydrogens is 476 g/mol. The molecule has 1 aliphatic rings. The zero-order valence-corrected chi connectivity index (χ0v) is 19.2. The van der Waals surface area contributed by atoms with Gasteiger partial charge in [0.05, 0.1) is 18.9 Å². The third kappa shape index (κ3) is 5.88. The molecule has 0 radical (unpaired) electrons. The fourth-order valence-electron chi connectivity index (χ4n) is 3.05. The average molecular weight is 496 g/mol. The maximum Gasteiger partial charge on any atom is 0.280 e. The molecule has 1 aliphatic carbocycles. The number of methoxy groups -OCH3 is 1. The van der Waals surface area contributed by atoms with Crippen LogP contribution in [-0.4, -0.2) is 42.7 Å². The monoisotopic (exact) mass is 495 g/mol. The SMILES string of the molecule is COc1cnc(C(F)F)cc1-c1cc(-n2ccnc2)ncc1C(=O)NC(=N)SC(=N)C#CC1CC1. The van der Waals surface area contributed by atoms with Crippen molar-refractivity contribution in [2.75, 3.05) is 7.11 Å². The highest BCUT2D eigenvalue weighted by molar-refractivity contribution is 8.26. The van der Waals surface area contributed by atoms with Crippen LogP contribution in [0.1, 0.15) is 35.3 Å². The second-order valence-corrected chi connectivity index (χ2v) is 8.45. The smallest absolute Gasteiger partial charge is 0.280 e. The molecule has 35 heavy (non-hydrogen) atoms. The number of ether oxygens (including phenoxy) is 1. The standard InChI is InChI=1S/C23H19F2N7O2S/c1-34-18-11-29-17(21(24)25)8-15(18)14-9-20(32-7-6-28-12-32)30-10-16(14)22(33)31-23(27)35-19(26)5-4-13-2-3-13/h6-13,21,26H,2-3H2,1H3,(H2,27,31,33). The third-order valence-electron chi connectivity index (χ3n) is 4.92. The molecule has 0 saturated heterocycles. The second-order valence-electron chi connectivity index (χ2n) is 7.43. The summed E-state index contributed by atoms with van der Waals surface area (Å²) in [5.41, 5.74) is -0.0312. The fourth-order valence-corrected chi connectivity index (χ4v) is 3.51. The summed E-state index contributed by atoms with van der Waals surface area (Å²) in [6, 6.07) is 2.68. The molecule has 1 saturated carbocycles. The Morgan fingerprint density at radius 2 is 2.06 bits per heavy atom. The van der Waals surface area contributed by atoms with Crippen LogP contribution in [0.25, 0.3) is 16.9 Å². The highest BCUT2D eigenvalue weighted by Gasteiger charge is 2.22. The number of carbonyl (C=O) groups excluding carboxylic acids is 1. The summed E-state index contributed by atoms with van der Waals surface area (Å²) in [6.45, 7) is 0. The van der Waals surface area contributed by atoms with Crippen molar-refractivity contribution < 1.29 is 18.3 Å². The van der Waals surface area contributed by atoms with E-state index < -0.39 is 18.0 Å². The molecule has 0 unspecified atom stereocenters. The minimum atomic E-state index is -2.83. The number of alkyl halides is 2. The van der Waals surface area contributed by atoms with Crippen molar-refractivity contribution in [1.82, 2.24) is 24.8 Å². The Hall–Kier alpha value is -4.11. The van der Waals surface area contributed by atoms with E-state index in [9.17, 15) is 13.6 Å². The van der Waals surface area contributed by atoms with Crippen molar-refractivity contribution in [2.45, 2.75) is 19.3 Å². The third-order valence-corrected chi connectivity index (χ3v) is 5.54. The number of pyridine rings is 2. The van der Waals surface area contributed by atoms with E-state index in [-0.39, 0.29) is 32.7 Å². The number of carbonyl (C=O) groups is 1. The van der Waals surface area contributed by atoms with Gasteiger partial charge in [0.15, 0.2) is 5.17 Å². The lowest BCUT2D eigenvalue weighted by Crippen LogP contribution is -2.29. The summed E-state index contributed by atoms with van der Waals surface area (Å²) >= 11 is 0.704. The molecule has 12 heteroatoms. The van der Waals surface area contributed by atoms with E-state index in [0.717, 1.165) is 25.1 Å². The number of nitrogens with one attached hydrogen (secondary N) is 3. The topological polar surface area (TPSA) is 130 Å². The maximum atomic E-state index is 13.4. The maximum absolute atomic E-state index is 13.4. The Morgan fingerprint density at radius 3 is 2.71 bits per heavy atom. The number of halogens is 2. The summed E-state index contributed by atoms with van der Waals surface area (Å²) in [4.78, 5) is 25.1. The number of amidine groups is 1. The molecule has 178 valence electrons. The number of amides is 1. The molecule has 1 fully saturated rings. The molecule has 3 N–H and O–H groups in total. The van der Waals surface area contributed by atoms with Gasteiger partial charge in [-0.3, -0.25) is 25.2 Å². The zero-order chi connectivity index (χ0) is 24.9. The van der Waals surface area contributed by atoms with Gasteiger partial charge in [-0.1, -0.05) is 5.92 Å². The molecule has 0 spiro atoms. The lowest BCUT2D eigenvalue weighted by atomic mass is 10.00. The van der Waals surface area contributed by atoms with Gasteiger partial charge in [-0.05, 0) is 42.7 Å². The molecule has 4 rings (SSSR count). The van der Waals surface area contributed by atoms with E-state index >= 15 is 0 Å². The fraction of sp³-hybridized carbons (Fsp3) is 0.217. The Kier molecular flexibility index (Phi) is 7.17. The molecular formula is C23H19F2N7O2S. The highest BCUT2D eigenvalue weighted by atomic mass is 32.2. The van der Waals surface area contributed by atoms with Crippen molar-refractivity contribution in [3.63, 3.8) is 0 Å². The van der Waals surface area contributed by atoms with Crippen LogP contribution in [0.2, 0.25) is 0 Å². The van der Waals surface area contributed by atoms with Gasteiger partial charge >= 0.3 is 0 Å². The number of rotatable bonds is 5. The molecule has 9 nitrogen and oxygen atoms in total. The first-order chi connectivity index (χ1) is 16.9. The summed E-state index contributed by atoms with van der Waals surface area (Å²) in [7, 11) is 1.36. The quantitative estimate of drug-likeness (QED) is 0.278. The minimum Gasteiger partial charge on any atom is -0.494 e. The first-order valence-electron chi connectivity index (χ1n) is 10.3. The summed E-state index contributed by atoms with van der Waals surface area (Å²) in [6.07, 6.45) is 6.31. The van der Waals surface area contributed by atoms with Crippen LogP contribution in [0.5, 0.6) is 5.75 Å². The first kappa shape index (κ1) is 24.0. The highest BCUT2D eigenvalue weighted by Crippen LogP contribution is 2.35. The van der Waals surface area contributed by atoms with Gasteiger partial charge < -0.3 is 10.1 Å². The zero-order valence-electron chi connectivity index (χ0n) is 18.4. The molecule has 3 heterocycles. The van der Waals surface area contributed by atoms with Crippen LogP contribution < -0.4 is 10.1 Å². The largest absolute Gasteiger partial charge is 0.494 e. The van der Waals surface area contributed by atoms with Crippen molar-refractivity contribution >= 4 is 27.9 Å². The van der Waals surface area contributed by atoms with Gasteiger partial charge in [0.1, 0.15) is 28.6 Å². The van der Waals surface area contributed by atoms with Gasteiger partial charge in [0.25, 0.3) is 12.3 Å². The molecule has 0 aromatic carbocycles. The Balaban J connectivity index is 1.68. The Bertz CT molecular complexity index is 1350. The molecule has 0 aliphatic heterocycles. The van der Waals surface area contributed by atoms with Crippen LogP contribution in [0.15, 0.2) is 43.2 Å². The second kappa shape index (κ2) is 10.4. The number of imidazole rings is 1. The van der Waals surface area contributed by atoms with Gasteiger partial charge in [-0.2, -0.15) is 0 Å². The summed E-state index contributed by atoms with van der Waals surface area (Å²) < 4.78 is 33.7. The van der Waals surface area contributed by atoms with Crippen LogP contribution in [0, 0.1) is 28.6 Å². The minimum absolute atomic E-state index is 0.0135. The molecule has 0 atom stereocenters. The van der Waals surface area contributed by atoms with E-state index in [1.807, 2.05) is 0 Å². The molecule has 0 bridgehead atoms. The van der Waals surface area contributed by atoms with Crippen molar-refractivity contribution in [3.8, 4) is 34.5 Å². The van der Waals surface area contributed by atoms with Crippen LogP contribution in [0.3, 0.4) is 0 Å². The van der Waals surface area contributed by atoms with Crippen LogP contribution in [0.4, 0.5) is 8.78 Å². The lowest BCUT2D eigenvalue weighted by molar-refractivity contribution is 0.0978. The number of aromatic nitrogens is 4. The van der Waals surface area contributed by atoms with E-state index in [0.29, 0.717) is 23.5 Å². The van der Waals surface area contributed by atoms with Crippen molar-refractivity contribution in [2.24, 2.45) is 5.92 Å². The molecule has 3 aromatic heterocycles. The molecule has 3 aromatic rings. The van der Waals surface area contributed by atoms with Gasteiger partial charge in [0, 0.05) is 35.6 Å². The van der Waals surface area contributed by atoms with E-state index in [2.05, 4.69) is 32.1 Å². The Labute approximate surface area is 203 Å². The number of hydrogen-bond acceptors (Lipinski definition) is 8. The predicted octanol–water partition coefficient (Wildman–Crippen LogP) is 4.06. The predicted molar refractivity (Wildman–Crippen MR) is 127 cm³/mol. The summed E-state index contributed by atoms with van der Waals surface area (Å²) in [5.74, 6) is 5.74. The van der Waals surface area contributed by atoms with Gasteiger partial charge in [-0.25, -0.2) is 18.7 Å². The van der Waals surface area contributed by atoms with Crippen molar-refractivity contribution in [3.05, 3.63) is 54.5 Å². The first-order valence-corrected chi connectivity index (χ1v) is 11.2. The van der Waals surface area contributed by atoms with Crippen LogP contribution >= 0.6 is 11.8 Å². The number of nitrogens with zero attached hydrogens (tertiary/aromatic N) is 4. The number of hydrogen-bond donors (Lipinski definition) is 3. The lowest BCUT2D eigenvalue weighted by Gasteiger charge is -2.15. The van der Waals surface area contributed by atoms with Gasteiger partial charge in [0.2, 0.25) is 0 Å². The van der Waals surface area contributed by atoms with E-state index in [4.69, 9.17) is 15.6 Å². The molecule has 1 amide bonds. The van der Waals surface area contributed by atoms with Gasteiger partial charge in [-0.15, -0.1) is 0 Å². The summed E-state index contributed by atoms with van der Waals surface area (Å²) in [5, 5.41) is 18.0. The normalized spacial score (nSPS) is 12.6. The Morgan fingerprint density at radius 1 is 1.26 bits per heavy atom.